The van der Waals surface area contributed by atoms with Crippen molar-refractivity contribution in [1.29, 1.82) is 0 Å². The van der Waals surface area contributed by atoms with Crippen molar-refractivity contribution in [2.45, 2.75) is 0 Å². The molecule has 0 saturated carbocycles. The Morgan fingerprint density at radius 1 is 0.500 bits per heavy atom. The molecule has 3 aromatic heterocycles. The predicted molar refractivity (Wildman–Crippen MR) is 98.9 cm³/mol. The van der Waals surface area contributed by atoms with Crippen molar-refractivity contribution in [2.75, 3.05) is 0 Å². The number of fused-ring (bicyclic) bond motifs is 8. The van der Waals surface area contributed by atoms with E-state index in [0.29, 0.717) is 0 Å². The molecule has 0 saturated heterocycles. The molecule has 5 rings (SSSR count). The second-order valence-electron chi connectivity index (χ2n) is 5.91. The summed E-state index contributed by atoms with van der Waals surface area (Å²) in [7, 11) is 0. The van der Waals surface area contributed by atoms with E-state index < -0.39 is 0 Å². The zero-order chi connectivity index (χ0) is 15.9. The van der Waals surface area contributed by atoms with Gasteiger partial charge in [-0.15, -0.1) is 0 Å². The SMILES string of the molecule is C1=Cc2cc3ccc(cc4nc(cc5ccc(cc1n2)[nH]5)C=C4)[nH]3.[Cu].[Fe]. The van der Waals surface area contributed by atoms with Gasteiger partial charge in [0.05, 0.1) is 22.8 Å². The molecular formula is C20H14CuFeN4. The van der Waals surface area contributed by atoms with Crippen LogP contribution in [0.2, 0.25) is 0 Å². The Morgan fingerprint density at radius 3 is 1.04 bits per heavy atom. The quantitative estimate of drug-likeness (QED) is 0.352. The van der Waals surface area contributed by atoms with E-state index in [2.05, 4.69) is 44.2 Å². The van der Waals surface area contributed by atoms with Crippen molar-refractivity contribution in [2.24, 2.45) is 0 Å². The van der Waals surface area contributed by atoms with E-state index in [0.717, 1.165) is 44.8 Å². The molecule has 0 unspecified atom stereocenters. The van der Waals surface area contributed by atoms with Gasteiger partial charge in [-0.3, -0.25) is 0 Å². The summed E-state index contributed by atoms with van der Waals surface area (Å²) in [6, 6.07) is 16.4. The number of rotatable bonds is 0. The maximum Gasteiger partial charge on any atom is 0.0658 e. The van der Waals surface area contributed by atoms with E-state index >= 15 is 0 Å². The first-order valence-corrected chi connectivity index (χ1v) is 7.85. The fraction of sp³-hybridized carbons (Fsp3) is 0. The molecule has 8 bridgehead atoms. The Hall–Kier alpha value is -2.36. The van der Waals surface area contributed by atoms with E-state index in [1.165, 1.54) is 0 Å². The summed E-state index contributed by atoms with van der Waals surface area (Å²) < 4.78 is 0. The first-order valence-electron chi connectivity index (χ1n) is 7.85. The fourth-order valence-electron chi connectivity index (χ4n) is 2.94. The summed E-state index contributed by atoms with van der Waals surface area (Å²) >= 11 is 0. The van der Waals surface area contributed by atoms with E-state index in [-0.39, 0.29) is 34.1 Å². The van der Waals surface area contributed by atoms with Crippen LogP contribution in [0.4, 0.5) is 0 Å². The Bertz CT molecular complexity index is 996. The molecule has 0 amide bonds. The van der Waals surface area contributed by atoms with E-state index in [1.807, 2.05) is 48.6 Å². The third kappa shape index (κ3) is 3.74. The molecule has 0 fully saturated rings. The van der Waals surface area contributed by atoms with Gasteiger partial charge < -0.3 is 9.97 Å². The Labute approximate surface area is 171 Å². The topological polar surface area (TPSA) is 57.4 Å². The minimum absolute atomic E-state index is 0. The molecule has 0 spiro atoms. The number of aromatic amines is 2. The summed E-state index contributed by atoms with van der Waals surface area (Å²) in [5, 5.41) is 0. The molecule has 5 heterocycles. The van der Waals surface area contributed by atoms with E-state index in [4.69, 9.17) is 0 Å². The summed E-state index contributed by atoms with van der Waals surface area (Å²) in [6.45, 7) is 0. The van der Waals surface area contributed by atoms with Crippen LogP contribution in [0, 0.1) is 0 Å². The molecule has 4 nitrogen and oxygen atoms in total. The molecule has 133 valence electrons. The molecular weight excluding hydrogens is 416 g/mol. The molecule has 0 atom stereocenters. The van der Waals surface area contributed by atoms with E-state index in [9.17, 15) is 0 Å². The molecule has 3 aromatic rings. The van der Waals surface area contributed by atoms with Gasteiger partial charge in [-0.1, -0.05) is 0 Å². The molecule has 0 aliphatic carbocycles. The van der Waals surface area contributed by atoms with Gasteiger partial charge in [-0.2, -0.15) is 0 Å². The standard InChI is InChI=1S/C20H14N4.Cu.Fe/c1-2-14-10-16-5-6-18(23-16)12-20-8-7-19(24-20)11-17-4-3-15(22-17)9-13(1)21-14;;/h1-12,21,24H;;. The smallest absolute Gasteiger partial charge is 0.0658 e. The van der Waals surface area contributed by atoms with Gasteiger partial charge in [0.15, 0.2) is 0 Å². The van der Waals surface area contributed by atoms with Crippen LogP contribution in [-0.4, -0.2) is 19.9 Å². The average molecular weight is 430 g/mol. The number of nitrogens with zero attached hydrogens (tertiary/aromatic N) is 2. The van der Waals surface area contributed by atoms with Gasteiger partial charge in [0, 0.05) is 56.2 Å². The zero-order valence-electron chi connectivity index (χ0n) is 13.5. The molecule has 1 radical (unpaired) electrons. The van der Waals surface area contributed by atoms with Crippen molar-refractivity contribution in [3.05, 3.63) is 71.3 Å². The van der Waals surface area contributed by atoms with Gasteiger partial charge in [0.1, 0.15) is 0 Å². The number of nitrogens with one attached hydrogen (secondary N) is 2. The van der Waals surface area contributed by atoms with Gasteiger partial charge in [-0.05, 0) is 72.8 Å². The molecule has 2 aliphatic heterocycles. The van der Waals surface area contributed by atoms with Crippen LogP contribution in [0.25, 0.3) is 46.4 Å². The van der Waals surface area contributed by atoms with E-state index in [1.54, 1.807) is 0 Å². The zero-order valence-corrected chi connectivity index (χ0v) is 15.5. The largest absolute Gasteiger partial charge is 0.355 e. The molecule has 2 N–H and O–H groups in total. The number of hydrogen-bond donors (Lipinski definition) is 2. The molecule has 0 aromatic carbocycles. The first-order chi connectivity index (χ1) is 11.8. The average Bonchev–Trinajstić information content (AvgIpc) is 3.32. The Balaban J connectivity index is 0.000000980. The van der Waals surface area contributed by atoms with Crippen molar-refractivity contribution >= 4 is 46.4 Å². The Morgan fingerprint density at radius 2 is 0.769 bits per heavy atom. The van der Waals surface area contributed by atoms with Gasteiger partial charge in [-0.25, -0.2) is 9.97 Å². The summed E-state index contributed by atoms with van der Waals surface area (Å²) in [6.07, 6.45) is 8.09. The second kappa shape index (κ2) is 7.48. The molecule has 26 heavy (non-hydrogen) atoms. The number of hydrogen-bond acceptors (Lipinski definition) is 2. The predicted octanol–water partition coefficient (Wildman–Crippen LogP) is 4.65. The van der Waals surface area contributed by atoms with Gasteiger partial charge in [0.25, 0.3) is 0 Å². The maximum absolute atomic E-state index is 4.63. The normalized spacial score (nSPS) is 11.7. The number of H-pyrrole nitrogens is 2. The Kier molecular flexibility index (Phi) is 5.30. The minimum Gasteiger partial charge on any atom is -0.355 e. The van der Waals surface area contributed by atoms with Crippen molar-refractivity contribution in [1.82, 2.24) is 19.9 Å². The van der Waals surface area contributed by atoms with Gasteiger partial charge >= 0.3 is 0 Å². The molecule has 2 aliphatic rings. The monoisotopic (exact) mass is 429 g/mol. The van der Waals surface area contributed by atoms with Crippen LogP contribution in [0.5, 0.6) is 0 Å². The van der Waals surface area contributed by atoms with Crippen LogP contribution in [-0.2, 0) is 34.1 Å². The maximum atomic E-state index is 4.63. The summed E-state index contributed by atoms with van der Waals surface area (Å²) in [4.78, 5) is 16.0. The van der Waals surface area contributed by atoms with Gasteiger partial charge in [0.2, 0.25) is 0 Å². The van der Waals surface area contributed by atoms with Crippen molar-refractivity contribution < 1.29 is 34.1 Å². The van der Waals surface area contributed by atoms with Crippen LogP contribution in [0.3, 0.4) is 0 Å². The van der Waals surface area contributed by atoms with Crippen molar-refractivity contribution in [3.8, 4) is 0 Å². The minimum atomic E-state index is 0. The van der Waals surface area contributed by atoms with Crippen LogP contribution < -0.4 is 0 Å². The molecule has 6 heteroatoms. The summed E-state index contributed by atoms with van der Waals surface area (Å²) in [5.41, 5.74) is 7.86. The second-order valence-corrected chi connectivity index (χ2v) is 5.91. The van der Waals surface area contributed by atoms with Crippen LogP contribution in [0.15, 0.2) is 48.5 Å². The summed E-state index contributed by atoms with van der Waals surface area (Å²) in [5.74, 6) is 0. The number of aromatic nitrogens is 4. The first kappa shape index (κ1) is 18.4. The third-order valence-corrected chi connectivity index (χ3v) is 4.04. The van der Waals surface area contributed by atoms with Crippen LogP contribution in [0.1, 0.15) is 22.8 Å². The fourth-order valence-corrected chi connectivity index (χ4v) is 2.94. The third-order valence-electron chi connectivity index (χ3n) is 4.04. The van der Waals surface area contributed by atoms with Crippen molar-refractivity contribution in [3.63, 3.8) is 0 Å². The van der Waals surface area contributed by atoms with Crippen LogP contribution >= 0.6 is 0 Å².